The second kappa shape index (κ2) is 5.47. The van der Waals surface area contributed by atoms with E-state index in [1.54, 1.807) is 13.0 Å². The molecule has 0 spiro atoms. The minimum absolute atomic E-state index is 0.0762. The Hall–Kier alpha value is -1.13. The number of carbonyl (C=O) groups excluding carboxylic acids is 1. The van der Waals surface area contributed by atoms with Gasteiger partial charge in [-0.1, -0.05) is 39.4 Å². The lowest BCUT2D eigenvalue weighted by molar-refractivity contribution is 0.102. The summed E-state index contributed by atoms with van der Waals surface area (Å²) in [6, 6.07) is 11.6. The van der Waals surface area contributed by atoms with Crippen molar-refractivity contribution in [1.82, 2.24) is 0 Å². The third-order valence-electron chi connectivity index (χ3n) is 2.20. The molecule has 0 aliphatic heterocycles. The average molecular weight is 311 g/mol. The second-order valence-electron chi connectivity index (χ2n) is 3.59. The first-order chi connectivity index (χ1) is 8.15. The molecular formula is C13H11BrO2S. The van der Waals surface area contributed by atoms with Crippen molar-refractivity contribution in [2.24, 2.45) is 0 Å². The predicted octanol–water partition coefficient (Wildman–Crippen LogP) is 4.29. The second-order valence-corrected chi connectivity index (χ2v) is 5.56. The van der Waals surface area contributed by atoms with Gasteiger partial charge in [0.25, 0.3) is 0 Å². The van der Waals surface area contributed by atoms with Crippen LogP contribution in [0.15, 0.2) is 40.9 Å². The van der Waals surface area contributed by atoms with Crippen LogP contribution in [0, 0.1) is 0 Å². The number of hydrogen-bond acceptors (Lipinski definition) is 3. The smallest absolute Gasteiger partial charge is 0.174 e. The van der Waals surface area contributed by atoms with E-state index in [1.165, 1.54) is 11.3 Å². The molecule has 0 N–H and O–H groups in total. The zero-order valence-electron chi connectivity index (χ0n) is 9.27. The summed E-state index contributed by atoms with van der Waals surface area (Å²) >= 11 is 4.79. The Morgan fingerprint density at radius 3 is 2.82 bits per heavy atom. The molecule has 2 aromatic rings. The Bertz CT molecular complexity index is 534. The summed E-state index contributed by atoms with van der Waals surface area (Å²) in [7, 11) is 0. The predicted molar refractivity (Wildman–Crippen MR) is 72.8 cm³/mol. The maximum Gasteiger partial charge on any atom is 0.174 e. The van der Waals surface area contributed by atoms with Gasteiger partial charge in [0.15, 0.2) is 10.8 Å². The monoisotopic (exact) mass is 310 g/mol. The first kappa shape index (κ1) is 12.3. The molecule has 0 radical (unpaired) electrons. The molecule has 2 rings (SSSR count). The minimum Gasteiger partial charge on any atom is -0.479 e. The molecule has 2 nitrogen and oxygen atoms in total. The first-order valence-electron chi connectivity index (χ1n) is 5.13. The molecule has 1 aromatic heterocycles. The van der Waals surface area contributed by atoms with E-state index in [4.69, 9.17) is 4.74 Å². The molecule has 0 aliphatic rings. The fourth-order valence-corrected chi connectivity index (χ4v) is 2.57. The van der Waals surface area contributed by atoms with Crippen LogP contribution in [0.4, 0.5) is 0 Å². The van der Waals surface area contributed by atoms with Gasteiger partial charge in [0.05, 0.1) is 4.88 Å². The van der Waals surface area contributed by atoms with E-state index in [-0.39, 0.29) is 5.78 Å². The van der Waals surface area contributed by atoms with Crippen LogP contribution in [-0.2, 0) is 6.61 Å². The van der Waals surface area contributed by atoms with Gasteiger partial charge >= 0.3 is 0 Å². The number of carbonyl (C=O) groups is 1. The summed E-state index contributed by atoms with van der Waals surface area (Å²) in [6.45, 7) is 2.07. The van der Waals surface area contributed by atoms with Crippen LogP contribution >= 0.6 is 27.3 Å². The highest BCUT2D eigenvalue weighted by atomic mass is 79.9. The van der Waals surface area contributed by atoms with Crippen molar-refractivity contribution in [3.05, 3.63) is 51.3 Å². The Labute approximate surface area is 112 Å². The van der Waals surface area contributed by atoms with Crippen LogP contribution in [0.5, 0.6) is 5.06 Å². The van der Waals surface area contributed by atoms with Crippen molar-refractivity contribution < 1.29 is 9.53 Å². The third-order valence-corrected chi connectivity index (χ3v) is 3.79. The number of rotatable bonds is 4. The number of benzene rings is 1. The largest absolute Gasteiger partial charge is 0.479 e. The zero-order valence-corrected chi connectivity index (χ0v) is 11.7. The Balaban J connectivity index is 2.00. The van der Waals surface area contributed by atoms with E-state index in [0.717, 1.165) is 20.0 Å². The molecule has 0 unspecified atom stereocenters. The van der Waals surface area contributed by atoms with Crippen molar-refractivity contribution in [2.45, 2.75) is 13.5 Å². The van der Waals surface area contributed by atoms with Gasteiger partial charge in [-0.3, -0.25) is 4.79 Å². The van der Waals surface area contributed by atoms with Crippen LogP contribution in [0.2, 0.25) is 0 Å². The maximum atomic E-state index is 11.1. The summed E-state index contributed by atoms with van der Waals surface area (Å²) in [6.07, 6.45) is 0. The Morgan fingerprint density at radius 1 is 1.35 bits per heavy atom. The van der Waals surface area contributed by atoms with Crippen LogP contribution in [-0.4, -0.2) is 5.78 Å². The van der Waals surface area contributed by atoms with Crippen LogP contribution in [0.1, 0.15) is 22.2 Å². The van der Waals surface area contributed by atoms with E-state index in [2.05, 4.69) is 15.9 Å². The van der Waals surface area contributed by atoms with Crippen molar-refractivity contribution in [3.8, 4) is 5.06 Å². The SMILES string of the molecule is CC(=O)c1ccc(OCc2cccc(Br)c2)s1. The molecule has 4 heteroatoms. The highest BCUT2D eigenvalue weighted by molar-refractivity contribution is 9.10. The van der Waals surface area contributed by atoms with Crippen LogP contribution in [0.25, 0.3) is 0 Å². The number of Topliss-reactive ketones (excluding diaryl/α,β-unsaturated/α-hetero) is 1. The van der Waals surface area contributed by atoms with Crippen LogP contribution < -0.4 is 4.74 Å². The van der Waals surface area contributed by atoms with Crippen LogP contribution in [0.3, 0.4) is 0 Å². The van der Waals surface area contributed by atoms with Crippen molar-refractivity contribution in [1.29, 1.82) is 0 Å². The zero-order chi connectivity index (χ0) is 12.3. The molecular weight excluding hydrogens is 300 g/mol. The van der Waals surface area contributed by atoms with Gasteiger partial charge < -0.3 is 4.74 Å². The summed E-state index contributed by atoms with van der Waals surface area (Å²) in [4.78, 5) is 11.9. The summed E-state index contributed by atoms with van der Waals surface area (Å²) < 4.78 is 6.66. The summed E-state index contributed by atoms with van der Waals surface area (Å²) in [5, 5.41) is 0.773. The quantitative estimate of drug-likeness (QED) is 0.787. The Kier molecular flexibility index (Phi) is 3.97. The number of ether oxygens (including phenoxy) is 1. The lowest BCUT2D eigenvalue weighted by Crippen LogP contribution is -1.93. The first-order valence-corrected chi connectivity index (χ1v) is 6.74. The van der Waals surface area contributed by atoms with Gasteiger partial charge in [-0.15, -0.1) is 0 Å². The lowest BCUT2D eigenvalue weighted by Gasteiger charge is -2.03. The van der Waals surface area contributed by atoms with E-state index >= 15 is 0 Å². The fraction of sp³-hybridized carbons (Fsp3) is 0.154. The van der Waals surface area contributed by atoms with Gasteiger partial charge in [0, 0.05) is 4.47 Å². The summed E-state index contributed by atoms with van der Waals surface area (Å²) in [5.41, 5.74) is 1.09. The maximum absolute atomic E-state index is 11.1. The number of ketones is 1. The molecule has 0 amide bonds. The molecule has 0 bridgehead atoms. The summed E-state index contributed by atoms with van der Waals surface area (Å²) in [5.74, 6) is 0.0762. The molecule has 0 aliphatic carbocycles. The lowest BCUT2D eigenvalue weighted by atomic mass is 10.2. The third kappa shape index (κ3) is 3.41. The number of hydrogen-bond donors (Lipinski definition) is 0. The van der Waals surface area contributed by atoms with Gasteiger partial charge in [0.1, 0.15) is 6.61 Å². The molecule has 0 saturated carbocycles. The van der Waals surface area contributed by atoms with Crippen molar-refractivity contribution in [2.75, 3.05) is 0 Å². The van der Waals surface area contributed by atoms with E-state index in [9.17, 15) is 4.79 Å². The molecule has 0 fully saturated rings. The number of halogens is 1. The molecule has 0 saturated heterocycles. The highest BCUT2D eigenvalue weighted by Crippen LogP contribution is 2.25. The molecule has 0 atom stereocenters. The minimum atomic E-state index is 0.0762. The number of thiophene rings is 1. The standard InChI is InChI=1S/C13H11BrO2S/c1-9(15)12-5-6-13(17-12)16-8-10-3-2-4-11(14)7-10/h2-7H,8H2,1H3. The van der Waals surface area contributed by atoms with Crippen molar-refractivity contribution >= 4 is 33.0 Å². The normalized spacial score (nSPS) is 10.2. The van der Waals surface area contributed by atoms with Crippen molar-refractivity contribution in [3.63, 3.8) is 0 Å². The van der Waals surface area contributed by atoms with Gasteiger partial charge in [-0.05, 0) is 36.8 Å². The van der Waals surface area contributed by atoms with Gasteiger partial charge in [0.2, 0.25) is 0 Å². The topological polar surface area (TPSA) is 26.3 Å². The van der Waals surface area contributed by atoms with E-state index in [0.29, 0.717) is 6.61 Å². The van der Waals surface area contributed by atoms with Gasteiger partial charge in [-0.2, -0.15) is 0 Å². The molecule has 17 heavy (non-hydrogen) atoms. The average Bonchev–Trinajstić information content (AvgIpc) is 2.75. The molecule has 1 aromatic carbocycles. The molecule has 1 heterocycles. The van der Waals surface area contributed by atoms with Gasteiger partial charge in [-0.25, -0.2) is 0 Å². The fourth-order valence-electron chi connectivity index (χ4n) is 1.37. The van der Waals surface area contributed by atoms with E-state index in [1.807, 2.05) is 30.3 Å². The molecule has 88 valence electrons. The van der Waals surface area contributed by atoms with E-state index < -0.39 is 0 Å². The Morgan fingerprint density at radius 2 is 2.18 bits per heavy atom. The highest BCUT2D eigenvalue weighted by Gasteiger charge is 2.05.